The van der Waals surface area contributed by atoms with Crippen molar-refractivity contribution in [3.8, 4) is 0 Å². The van der Waals surface area contributed by atoms with Crippen molar-refractivity contribution in [1.82, 2.24) is 10.2 Å². The van der Waals surface area contributed by atoms with Crippen LogP contribution in [0.4, 0.5) is 0 Å². The molecule has 0 bridgehead atoms. The van der Waals surface area contributed by atoms with Crippen LogP contribution in [0.1, 0.15) is 27.7 Å². The first kappa shape index (κ1) is 14.4. The molecule has 3 N–H and O–H groups in total. The van der Waals surface area contributed by atoms with E-state index in [1.807, 2.05) is 46.7 Å². The molecule has 4 nitrogen and oxygen atoms in total. The fourth-order valence-corrected chi connectivity index (χ4v) is 0.907. The molecule has 15 heavy (non-hydrogen) atoms. The molecular weight excluding hydrogens is 190 g/mol. The Morgan fingerprint density at radius 2 is 1.73 bits per heavy atom. The second kappa shape index (κ2) is 4.94. The van der Waals surface area contributed by atoms with Crippen LogP contribution in [0.25, 0.3) is 0 Å². The summed E-state index contributed by atoms with van der Waals surface area (Å²) in [5.74, 6) is 0.0110. The third kappa shape index (κ3) is 4.18. The van der Waals surface area contributed by atoms with Gasteiger partial charge in [0.15, 0.2) is 0 Å². The third-order valence-electron chi connectivity index (χ3n) is 3.02. The average Bonchev–Trinajstić information content (AvgIpc) is 2.01. The van der Waals surface area contributed by atoms with Gasteiger partial charge in [-0.05, 0) is 41.8 Å². The van der Waals surface area contributed by atoms with E-state index < -0.39 is 11.0 Å². The Morgan fingerprint density at radius 1 is 1.27 bits per heavy atom. The zero-order chi connectivity index (χ0) is 12.3. The van der Waals surface area contributed by atoms with Crippen molar-refractivity contribution in [1.29, 1.82) is 0 Å². The van der Waals surface area contributed by atoms with Gasteiger partial charge in [0.25, 0.3) is 0 Å². The predicted octanol–water partition coefficient (Wildman–Crippen LogP) is 0.428. The SMILES string of the molecule is CN(C)CCNC(=O)C(C)(C)C(C)(C)N. The molecule has 0 heterocycles. The van der Waals surface area contributed by atoms with Crippen LogP contribution in [-0.2, 0) is 4.79 Å². The Morgan fingerprint density at radius 3 is 2.07 bits per heavy atom. The molecule has 0 unspecified atom stereocenters. The zero-order valence-corrected chi connectivity index (χ0v) is 10.8. The molecule has 90 valence electrons. The standard InChI is InChI=1S/C11H25N3O/c1-10(2,11(3,4)12)9(15)13-7-8-14(5)6/h7-8,12H2,1-6H3,(H,13,15). The lowest BCUT2D eigenvalue weighted by atomic mass is 9.74. The number of hydrogen-bond donors (Lipinski definition) is 2. The van der Waals surface area contributed by atoms with Gasteiger partial charge >= 0.3 is 0 Å². The van der Waals surface area contributed by atoms with Crippen LogP contribution in [0, 0.1) is 5.41 Å². The first-order chi connectivity index (χ1) is 6.59. The minimum absolute atomic E-state index is 0.0110. The Kier molecular flexibility index (Phi) is 4.74. The second-order valence-electron chi connectivity index (χ2n) is 5.41. The Bertz CT molecular complexity index is 216. The number of carbonyl (C=O) groups excluding carboxylic acids is 1. The van der Waals surface area contributed by atoms with Crippen molar-refractivity contribution in [3.63, 3.8) is 0 Å². The van der Waals surface area contributed by atoms with Crippen LogP contribution in [0.3, 0.4) is 0 Å². The number of rotatable bonds is 5. The summed E-state index contributed by atoms with van der Waals surface area (Å²) in [5.41, 5.74) is 4.90. The van der Waals surface area contributed by atoms with Crippen molar-refractivity contribution >= 4 is 5.91 Å². The summed E-state index contributed by atoms with van der Waals surface area (Å²) >= 11 is 0. The van der Waals surface area contributed by atoms with Gasteiger partial charge in [-0.3, -0.25) is 4.79 Å². The maximum Gasteiger partial charge on any atom is 0.227 e. The molecular formula is C11H25N3O. The van der Waals surface area contributed by atoms with Crippen molar-refractivity contribution in [3.05, 3.63) is 0 Å². The van der Waals surface area contributed by atoms with Crippen LogP contribution in [0.15, 0.2) is 0 Å². The molecule has 0 radical (unpaired) electrons. The number of likely N-dealkylation sites (N-methyl/N-ethyl adjacent to an activating group) is 1. The Balaban J connectivity index is 4.21. The molecule has 0 rings (SSSR count). The monoisotopic (exact) mass is 215 g/mol. The van der Waals surface area contributed by atoms with E-state index in [-0.39, 0.29) is 5.91 Å². The minimum atomic E-state index is -0.556. The molecule has 0 saturated carbocycles. The molecule has 0 aliphatic heterocycles. The molecule has 0 aliphatic rings. The summed E-state index contributed by atoms with van der Waals surface area (Å²) in [4.78, 5) is 13.9. The van der Waals surface area contributed by atoms with Crippen LogP contribution >= 0.6 is 0 Å². The number of carbonyl (C=O) groups is 1. The van der Waals surface area contributed by atoms with Crippen molar-refractivity contribution in [2.45, 2.75) is 33.2 Å². The summed E-state index contributed by atoms with van der Waals surface area (Å²) in [6.45, 7) is 8.99. The molecule has 0 atom stereocenters. The van der Waals surface area contributed by atoms with Gasteiger partial charge in [0.1, 0.15) is 0 Å². The number of nitrogens with two attached hydrogens (primary N) is 1. The maximum atomic E-state index is 11.9. The summed E-state index contributed by atoms with van der Waals surface area (Å²) in [5, 5.41) is 2.90. The van der Waals surface area contributed by atoms with E-state index in [2.05, 4.69) is 5.32 Å². The average molecular weight is 215 g/mol. The summed E-state index contributed by atoms with van der Waals surface area (Å²) in [6, 6.07) is 0. The number of amides is 1. The zero-order valence-electron chi connectivity index (χ0n) is 10.8. The molecule has 0 spiro atoms. The quantitative estimate of drug-likeness (QED) is 0.699. The van der Waals surface area contributed by atoms with Crippen LogP contribution in [0.5, 0.6) is 0 Å². The largest absolute Gasteiger partial charge is 0.354 e. The smallest absolute Gasteiger partial charge is 0.227 e. The topological polar surface area (TPSA) is 58.4 Å². The predicted molar refractivity (Wildman–Crippen MR) is 63.6 cm³/mol. The molecule has 0 aromatic rings. The molecule has 0 aromatic carbocycles. The van der Waals surface area contributed by atoms with Crippen molar-refractivity contribution in [2.24, 2.45) is 11.1 Å². The second-order valence-corrected chi connectivity index (χ2v) is 5.41. The fraction of sp³-hybridized carbons (Fsp3) is 0.909. The third-order valence-corrected chi connectivity index (χ3v) is 3.02. The van der Waals surface area contributed by atoms with Gasteiger partial charge in [0, 0.05) is 18.6 Å². The van der Waals surface area contributed by atoms with E-state index in [1.165, 1.54) is 0 Å². The van der Waals surface area contributed by atoms with Gasteiger partial charge in [-0.15, -0.1) is 0 Å². The summed E-state index contributed by atoms with van der Waals surface area (Å²) < 4.78 is 0. The highest BCUT2D eigenvalue weighted by molar-refractivity contribution is 5.83. The highest BCUT2D eigenvalue weighted by Crippen LogP contribution is 2.28. The lowest BCUT2D eigenvalue weighted by Crippen LogP contribution is -2.56. The van der Waals surface area contributed by atoms with Gasteiger partial charge in [0.2, 0.25) is 5.91 Å². The highest BCUT2D eigenvalue weighted by Gasteiger charge is 2.40. The van der Waals surface area contributed by atoms with E-state index in [9.17, 15) is 4.79 Å². The molecule has 0 saturated heterocycles. The molecule has 1 amide bonds. The highest BCUT2D eigenvalue weighted by atomic mass is 16.2. The number of nitrogens with one attached hydrogen (secondary N) is 1. The lowest BCUT2D eigenvalue weighted by Gasteiger charge is -2.37. The summed E-state index contributed by atoms with van der Waals surface area (Å²) in [7, 11) is 3.95. The number of hydrogen-bond acceptors (Lipinski definition) is 3. The van der Waals surface area contributed by atoms with Crippen molar-refractivity contribution in [2.75, 3.05) is 27.2 Å². The van der Waals surface area contributed by atoms with Crippen molar-refractivity contribution < 1.29 is 4.79 Å². The Labute approximate surface area is 93.2 Å². The molecule has 0 fully saturated rings. The van der Waals surface area contributed by atoms with E-state index in [0.717, 1.165) is 6.54 Å². The lowest BCUT2D eigenvalue weighted by molar-refractivity contribution is -0.132. The van der Waals surface area contributed by atoms with Gasteiger partial charge in [0.05, 0.1) is 5.41 Å². The molecule has 4 heteroatoms. The van der Waals surface area contributed by atoms with E-state index in [1.54, 1.807) is 0 Å². The van der Waals surface area contributed by atoms with Gasteiger partial charge in [-0.1, -0.05) is 0 Å². The fourth-order valence-electron chi connectivity index (χ4n) is 0.907. The number of nitrogens with zero attached hydrogens (tertiary/aromatic N) is 1. The molecule has 0 aromatic heterocycles. The van der Waals surface area contributed by atoms with E-state index in [0.29, 0.717) is 6.54 Å². The van der Waals surface area contributed by atoms with E-state index in [4.69, 9.17) is 5.73 Å². The van der Waals surface area contributed by atoms with Gasteiger partial charge < -0.3 is 16.0 Å². The minimum Gasteiger partial charge on any atom is -0.354 e. The van der Waals surface area contributed by atoms with Crippen LogP contribution in [-0.4, -0.2) is 43.5 Å². The van der Waals surface area contributed by atoms with Crippen LogP contribution in [0.2, 0.25) is 0 Å². The van der Waals surface area contributed by atoms with Gasteiger partial charge in [-0.2, -0.15) is 0 Å². The Hall–Kier alpha value is -0.610. The maximum absolute atomic E-state index is 11.9. The summed E-state index contributed by atoms with van der Waals surface area (Å²) in [6.07, 6.45) is 0. The normalized spacial score (nSPS) is 13.1. The van der Waals surface area contributed by atoms with E-state index >= 15 is 0 Å². The van der Waals surface area contributed by atoms with Crippen LogP contribution < -0.4 is 11.1 Å². The first-order valence-electron chi connectivity index (χ1n) is 5.31. The van der Waals surface area contributed by atoms with Gasteiger partial charge in [-0.25, -0.2) is 0 Å². The molecule has 0 aliphatic carbocycles. The first-order valence-corrected chi connectivity index (χ1v) is 5.31.